The van der Waals surface area contributed by atoms with Crippen molar-refractivity contribution in [2.24, 2.45) is 0 Å². The third-order valence-corrected chi connectivity index (χ3v) is 5.12. The van der Waals surface area contributed by atoms with Crippen LogP contribution in [0.2, 0.25) is 0 Å². The first kappa shape index (κ1) is 16.5. The number of hydrogen-bond acceptors (Lipinski definition) is 3. The van der Waals surface area contributed by atoms with Crippen molar-refractivity contribution in [2.75, 3.05) is 15.9 Å². The van der Waals surface area contributed by atoms with Gasteiger partial charge in [-0.05, 0) is 56.2 Å². The Morgan fingerprint density at radius 1 is 1.12 bits per heavy atom. The average molecular weight is 344 g/mol. The molecule has 2 aromatic carbocycles. The van der Waals surface area contributed by atoms with Crippen LogP contribution in [0.1, 0.15) is 28.8 Å². The molecule has 1 N–H and O–H groups in total. The highest BCUT2D eigenvalue weighted by molar-refractivity contribution is 7.92. The van der Waals surface area contributed by atoms with Gasteiger partial charge < -0.3 is 5.32 Å². The van der Waals surface area contributed by atoms with E-state index in [-0.39, 0.29) is 11.9 Å². The topological polar surface area (TPSA) is 66.5 Å². The first-order valence-electron chi connectivity index (χ1n) is 7.82. The number of nitrogens with zero attached hydrogens (tertiary/aromatic N) is 1. The predicted octanol–water partition coefficient (Wildman–Crippen LogP) is 3.18. The predicted molar refractivity (Wildman–Crippen MR) is 95.9 cm³/mol. The molecule has 1 saturated carbocycles. The van der Waals surface area contributed by atoms with E-state index in [2.05, 4.69) is 5.32 Å². The van der Waals surface area contributed by atoms with Crippen LogP contribution in [0.4, 0.5) is 11.4 Å². The maximum Gasteiger partial charge on any atom is 0.255 e. The Hall–Kier alpha value is -2.34. The quantitative estimate of drug-likeness (QED) is 0.906. The second-order valence-corrected chi connectivity index (χ2v) is 8.02. The molecule has 0 spiro atoms. The molecule has 0 bridgehead atoms. The summed E-state index contributed by atoms with van der Waals surface area (Å²) in [5, 5.41) is 2.83. The molecule has 0 saturated heterocycles. The number of anilines is 2. The minimum absolute atomic E-state index is 0.0627. The van der Waals surface area contributed by atoms with E-state index < -0.39 is 10.0 Å². The van der Waals surface area contributed by atoms with Crippen LogP contribution in [-0.4, -0.2) is 26.6 Å². The summed E-state index contributed by atoms with van der Waals surface area (Å²) in [6, 6.07) is 14.3. The van der Waals surface area contributed by atoms with Crippen molar-refractivity contribution in [3.8, 4) is 0 Å². The van der Waals surface area contributed by atoms with Gasteiger partial charge in [-0.15, -0.1) is 0 Å². The minimum atomic E-state index is -3.29. The normalized spacial score (nSPS) is 14.2. The smallest absolute Gasteiger partial charge is 0.255 e. The van der Waals surface area contributed by atoms with Crippen LogP contribution in [0, 0.1) is 6.92 Å². The molecule has 0 unspecified atom stereocenters. The van der Waals surface area contributed by atoms with Gasteiger partial charge in [0.05, 0.1) is 11.9 Å². The van der Waals surface area contributed by atoms with Crippen molar-refractivity contribution in [3.05, 3.63) is 59.7 Å². The molecule has 1 aliphatic rings. The lowest BCUT2D eigenvalue weighted by atomic mass is 10.1. The van der Waals surface area contributed by atoms with E-state index in [1.54, 1.807) is 30.3 Å². The molecule has 0 heterocycles. The second kappa shape index (κ2) is 6.28. The largest absolute Gasteiger partial charge is 0.322 e. The Bertz CT molecular complexity index is 856. The van der Waals surface area contributed by atoms with E-state index in [4.69, 9.17) is 0 Å². The molecule has 1 aliphatic carbocycles. The molecule has 3 rings (SSSR count). The summed E-state index contributed by atoms with van der Waals surface area (Å²) in [6.45, 7) is 1.93. The maximum absolute atomic E-state index is 12.2. The molecule has 5 nitrogen and oxygen atoms in total. The van der Waals surface area contributed by atoms with Crippen LogP contribution in [0.5, 0.6) is 0 Å². The summed E-state index contributed by atoms with van der Waals surface area (Å²) in [6.07, 6.45) is 3.00. The fraction of sp³-hybridized carbons (Fsp3) is 0.278. The Morgan fingerprint density at radius 2 is 1.79 bits per heavy atom. The number of carbonyl (C=O) groups is 1. The van der Waals surface area contributed by atoms with Crippen molar-refractivity contribution in [1.82, 2.24) is 0 Å². The highest BCUT2D eigenvalue weighted by Gasteiger charge is 2.35. The van der Waals surface area contributed by atoms with Crippen LogP contribution in [0.3, 0.4) is 0 Å². The van der Waals surface area contributed by atoms with Crippen molar-refractivity contribution >= 4 is 27.3 Å². The molecular formula is C18H20N2O3S. The van der Waals surface area contributed by atoms with E-state index in [1.807, 2.05) is 25.1 Å². The Labute approximate surface area is 142 Å². The third kappa shape index (κ3) is 3.76. The first-order chi connectivity index (χ1) is 11.3. The lowest BCUT2D eigenvalue weighted by Gasteiger charge is -2.22. The fourth-order valence-electron chi connectivity index (χ4n) is 2.66. The summed E-state index contributed by atoms with van der Waals surface area (Å²) in [4.78, 5) is 12.2. The van der Waals surface area contributed by atoms with Gasteiger partial charge in [0.1, 0.15) is 0 Å². The van der Waals surface area contributed by atoms with Gasteiger partial charge in [0.15, 0.2) is 0 Å². The number of sulfonamides is 1. The highest BCUT2D eigenvalue weighted by Crippen LogP contribution is 2.34. The van der Waals surface area contributed by atoms with E-state index in [1.165, 1.54) is 10.6 Å². The average Bonchev–Trinajstić information content (AvgIpc) is 3.32. The third-order valence-electron chi connectivity index (χ3n) is 3.90. The number of aryl methyl sites for hydroxylation is 1. The van der Waals surface area contributed by atoms with Crippen LogP contribution >= 0.6 is 0 Å². The monoisotopic (exact) mass is 344 g/mol. The van der Waals surface area contributed by atoms with Gasteiger partial charge in [0, 0.05) is 17.3 Å². The fourth-order valence-corrected chi connectivity index (χ4v) is 3.92. The Morgan fingerprint density at radius 3 is 2.33 bits per heavy atom. The molecular weight excluding hydrogens is 324 g/mol. The van der Waals surface area contributed by atoms with E-state index in [9.17, 15) is 13.2 Å². The summed E-state index contributed by atoms with van der Waals surface area (Å²) < 4.78 is 25.4. The van der Waals surface area contributed by atoms with Crippen molar-refractivity contribution < 1.29 is 13.2 Å². The molecule has 0 atom stereocenters. The van der Waals surface area contributed by atoms with E-state index >= 15 is 0 Å². The van der Waals surface area contributed by atoms with Crippen molar-refractivity contribution in [1.29, 1.82) is 0 Å². The van der Waals surface area contributed by atoms with Gasteiger partial charge >= 0.3 is 0 Å². The lowest BCUT2D eigenvalue weighted by Crippen LogP contribution is -2.31. The van der Waals surface area contributed by atoms with Gasteiger partial charge in [0.2, 0.25) is 10.0 Å². The zero-order valence-electron chi connectivity index (χ0n) is 13.7. The number of hydrogen-bond donors (Lipinski definition) is 1. The van der Waals surface area contributed by atoms with Gasteiger partial charge in [0.25, 0.3) is 5.91 Å². The molecule has 126 valence electrons. The highest BCUT2D eigenvalue weighted by atomic mass is 32.2. The van der Waals surface area contributed by atoms with Crippen LogP contribution < -0.4 is 9.62 Å². The van der Waals surface area contributed by atoms with E-state index in [0.29, 0.717) is 16.9 Å². The van der Waals surface area contributed by atoms with Gasteiger partial charge in [-0.2, -0.15) is 0 Å². The molecule has 0 radical (unpaired) electrons. The van der Waals surface area contributed by atoms with Gasteiger partial charge in [-0.1, -0.05) is 17.7 Å². The molecule has 6 heteroatoms. The summed E-state index contributed by atoms with van der Waals surface area (Å²) >= 11 is 0. The summed E-state index contributed by atoms with van der Waals surface area (Å²) in [5.41, 5.74) is 2.88. The number of benzene rings is 2. The molecule has 1 amide bonds. The molecule has 0 aliphatic heterocycles. The number of amides is 1. The van der Waals surface area contributed by atoms with Crippen molar-refractivity contribution in [3.63, 3.8) is 0 Å². The second-order valence-electron chi connectivity index (χ2n) is 6.16. The molecule has 1 fully saturated rings. The molecule has 24 heavy (non-hydrogen) atoms. The van der Waals surface area contributed by atoms with Gasteiger partial charge in [-0.25, -0.2) is 8.42 Å². The number of carbonyl (C=O) groups excluding carboxylic acids is 1. The van der Waals surface area contributed by atoms with Crippen LogP contribution in [0.25, 0.3) is 0 Å². The standard InChI is InChI=1S/C18H20N2O3S/c1-13-4-3-5-14(12-13)18(21)19-15-6-8-16(9-7-15)20(17-10-11-17)24(2,22)23/h3-9,12,17H,10-11H2,1-2H3,(H,19,21). The van der Waals surface area contributed by atoms with Crippen LogP contribution in [0.15, 0.2) is 48.5 Å². The van der Waals surface area contributed by atoms with E-state index in [0.717, 1.165) is 18.4 Å². The maximum atomic E-state index is 12.2. The Balaban J connectivity index is 1.76. The SMILES string of the molecule is Cc1cccc(C(=O)Nc2ccc(N(C3CC3)S(C)(=O)=O)cc2)c1. The molecule has 2 aromatic rings. The zero-order chi connectivity index (χ0) is 17.3. The zero-order valence-corrected chi connectivity index (χ0v) is 14.5. The van der Waals surface area contributed by atoms with Gasteiger partial charge in [-0.3, -0.25) is 9.10 Å². The number of rotatable bonds is 5. The minimum Gasteiger partial charge on any atom is -0.322 e. The number of nitrogens with one attached hydrogen (secondary N) is 1. The summed E-state index contributed by atoms with van der Waals surface area (Å²) in [7, 11) is -3.29. The Kier molecular flexibility index (Phi) is 4.32. The van der Waals surface area contributed by atoms with Crippen molar-refractivity contribution in [2.45, 2.75) is 25.8 Å². The summed E-state index contributed by atoms with van der Waals surface area (Å²) in [5.74, 6) is -0.186. The van der Waals surface area contributed by atoms with Crippen LogP contribution in [-0.2, 0) is 10.0 Å². The first-order valence-corrected chi connectivity index (χ1v) is 9.67. The molecule has 0 aromatic heterocycles. The lowest BCUT2D eigenvalue weighted by molar-refractivity contribution is 0.102.